The highest BCUT2D eigenvalue weighted by molar-refractivity contribution is 6.16. The van der Waals surface area contributed by atoms with Crippen LogP contribution < -0.4 is 15.5 Å². The van der Waals surface area contributed by atoms with E-state index in [4.69, 9.17) is 0 Å². The molecule has 0 spiro atoms. The van der Waals surface area contributed by atoms with Crippen LogP contribution >= 0.6 is 0 Å². The van der Waals surface area contributed by atoms with Gasteiger partial charge in [0, 0.05) is 46.9 Å². The lowest BCUT2D eigenvalue weighted by Crippen LogP contribution is -2.31. The van der Waals surface area contributed by atoms with Crippen molar-refractivity contribution in [1.29, 1.82) is 0 Å². The molecule has 1 aromatic heterocycles. The summed E-state index contributed by atoms with van der Waals surface area (Å²) in [5.74, 6) is 0. The SMILES string of the molecule is CC1(C)c2ccccc2N(c2ccccc2)c2c1ccc1c3ccccc3n(-c3cc(C4=CNCC=C4)cc(C4=CC=CNC4)c3)c21. The number of hydrogen-bond acceptors (Lipinski definition) is 3. The number of para-hydroxylation sites is 3. The lowest BCUT2D eigenvalue weighted by Gasteiger charge is -2.42. The number of nitrogens with one attached hydrogen (secondary N) is 2. The fourth-order valence-corrected chi connectivity index (χ4v) is 7.75. The highest BCUT2D eigenvalue weighted by Gasteiger charge is 2.39. The zero-order chi connectivity index (χ0) is 31.5. The maximum atomic E-state index is 3.43. The third kappa shape index (κ3) is 4.29. The Hall–Kier alpha value is -5.74. The molecule has 0 unspecified atom stereocenters. The van der Waals surface area contributed by atoms with Crippen molar-refractivity contribution in [3.05, 3.63) is 168 Å². The molecule has 0 fully saturated rings. The van der Waals surface area contributed by atoms with Gasteiger partial charge in [-0.1, -0.05) is 98.8 Å². The molecule has 3 aliphatic heterocycles. The number of hydrogen-bond donors (Lipinski definition) is 2. The molecule has 0 amide bonds. The molecule has 3 aliphatic rings. The van der Waals surface area contributed by atoms with Crippen LogP contribution in [0.2, 0.25) is 0 Å². The van der Waals surface area contributed by atoms with Crippen molar-refractivity contribution in [3.8, 4) is 5.69 Å². The smallest absolute Gasteiger partial charge is 0.0785 e. The Morgan fingerprint density at radius 2 is 1.51 bits per heavy atom. The Kier molecular flexibility index (Phi) is 6.26. The molecule has 4 heteroatoms. The van der Waals surface area contributed by atoms with E-state index in [1.165, 1.54) is 66.6 Å². The van der Waals surface area contributed by atoms with E-state index in [9.17, 15) is 0 Å². The summed E-state index contributed by atoms with van der Waals surface area (Å²) in [5.41, 5.74) is 14.5. The minimum absolute atomic E-state index is 0.200. The van der Waals surface area contributed by atoms with Gasteiger partial charge >= 0.3 is 0 Å². The molecule has 0 aliphatic carbocycles. The third-order valence-electron chi connectivity index (χ3n) is 10.0. The number of dihydropyridines is 2. The number of benzene rings is 5. The summed E-state index contributed by atoms with van der Waals surface area (Å²) in [7, 11) is 0. The summed E-state index contributed by atoms with van der Waals surface area (Å²) in [6.07, 6.45) is 12.9. The molecule has 0 radical (unpaired) electrons. The van der Waals surface area contributed by atoms with E-state index in [-0.39, 0.29) is 5.41 Å². The predicted molar refractivity (Wildman–Crippen MR) is 198 cm³/mol. The first-order valence-corrected chi connectivity index (χ1v) is 16.5. The number of aromatic nitrogens is 1. The summed E-state index contributed by atoms with van der Waals surface area (Å²) in [5, 5.41) is 9.36. The molecule has 0 saturated carbocycles. The fraction of sp³-hybridized carbons (Fsp3) is 0.116. The molecule has 0 bridgehead atoms. The number of fused-ring (bicyclic) bond motifs is 6. The fourth-order valence-electron chi connectivity index (χ4n) is 7.75. The lowest BCUT2D eigenvalue weighted by molar-refractivity contribution is 0.633. The molecule has 5 aromatic carbocycles. The molecular formula is C43H36N4. The van der Waals surface area contributed by atoms with E-state index in [0.29, 0.717) is 0 Å². The zero-order valence-electron chi connectivity index (χ0n) is 26.7. The number of nitrogens with zero attached hydrogens (tertiary/aromatic N) is 2. The number of rotatable bonds is 4. The van der Waals surface area contributed by atoms with Gasteiger partial charge in [-0.05, 0) is 88.1 Å². The third-order valence-corrected chi connectivity index (χ3v) is 10.0. The van der Waals surface area contributed by atoms with Crippen LogP contribution in [0.3, 0.4) is 0 Å². The van der Waals surface area contributed by atoms with E-state index in [1.54, 1.807) is 0 Å². The molecule has 0 saturated heterocycles. The standard InChI is InChI=1S/C43H36N4/c1-43(2)37-17-7-9-19-40(37)46(33-14-4-3-5-15-33)42-38(43)21-20-36-35-16-6-8-18-39(35)47(41(36)42)34-25-31(29-12-10-22-44-27-29)24-32(26-34)30-13-11-23-45-28-30/h3-22,24-26,28,44-45H,23,27H2,1-2H3. The van der Waals surface area contributed by atoms with Crippen LogP contribution in [0.1, 0.15) is 36.1 Å². The van der Waals surface area contributed by atoms with E-state index < -0.39 is 0 Å². The monoisotopic (exact) mass is 608 g/mol. The molecule has 6 aromatic rings. The van der Waals surface area contributed by atoms with Gasteiger partial charge in [0.2, 0.25) is 0 Å². The Morgan fingerprint density at radius 3 is 2.34 bits per heavy atom. The van der Waals surface area contributed by atoms with Gasteiger partial charge in [-0.2, -0.15) is 0 Å². The quantitative estimate of drug-likeness (QED) is 0.209. The summed E-state index contributed by atoms with van der Waals surface area (Å²) in [6.45, 7) is 6.38. The second kappa shape index (κ2) is 10.7. The number of anilines is 3. The molecule has 4 nitrogen and oxygen atoms in total. The van der Waals surface area contributed by atoms with Gasteiger partial charge in [-0.15, -0.1) is 0 Å². The summed E-state index contributed by atoms with van der Waals surface area (Å²) >= 11 is 0. The van der Waals surface area contributed by atoms with Gasteiger partial charge in [-0.3, -0.25) is 0 Å². The maximum absolute atomic E-state index is 3.43. The first-order chi connectivity index (χ1) is 23.1. The predicted octanol–water partition coefficient (Wildman–Crippen LogP) is 9.89. The van der Waals surface area contributed by atoms with Crippen molar-refractivity contribution in [2.45, 2.75) is 19.3 Å². The molecular weight excluding hydrogens is 573 g/mol. The van der Waals surface area contributed by atoms with Crippen LogP contribution in [0.5, 0.6) is 0 Å². The Balaban J connectivity index is 1.42. The van der Waals surface area contributed by atoms with Gasteiger partial charge in [0.25, 0.3) is 0 Å². The largest absolute Gasteiger partial charge is 0.387 e. The highest BCUT2D eigenvalue weighted by Crippen LogP contribution is 2.55. The van der Waals surface area contributed by atoms with Gasteiger partial charge in [0.1, 0.15) is 0 Å². The Labute approximate surface area is 275 Å². The van der Waals surface area contributed by atoms with E-state index in [0.717, 1.165) is 24.5 Å². The molecule has 0 atom stereocenters. The van der Waals surface area contributed by atoms with Crippen molar-refractivity contribution in [1.82, 2.24) is 15.2 Å². The minimum Gasteiger partial charge on any atom is -0.387 e. The van der Waals surface area contributed by atoms with Crippen LogP contribution in [-0.2, 0) is 5.41 Å². The van der Waals surface area contributed by atoms with Gasteiger partial charge in [-0.25, -0.2) is 0 Å². The van der Waals surface area contributed by atoms with Crippen LogP contribution in [0, 0.1) is 0 Å². The first kappa shape index (κ1) is 27.6. The topological polar surface area (TPSA) is 32.2 Å². The first-order valence-electron chi connectivity index (χ1n) is 16.5. The summed E-state index contributed by atoms with van der Waals surface area (Å²) in [4.78, 5) is 2.49. The molecule has 4 heterocycles. The van der Waals surface area contributed by atoms with Crippen LogP contribution in [0.15, 0.2) is 146 Å². The van der Waals surface area contributed by atoms with Crippen molar-refractivity contribution in [2.24, 2.45) is 0 Å². The van der Waals surface area contributed by atoms with Gasteiger partial charge in [0.05, 0.1) is 22.4 Å². The summed E-state index contributed by atoms with van der Waals surface area (Å²) < 4.78 is 2.52. The molecule has 9 rings (SSSR count). The Morgan fingerprint density at radius 1 is 0.702 bits per heavy atom. The maximum Gasteiger partial charge on any atom is 0.0785 e. The van der Waals surface area contributed by atoms with Crippen LogP contribution in [0.4, 0.5) is 17.1 Å². The molecule has 47 heavy (non-hydrogen) atoms. The molecule has 2 N–H and O–H groups in total. The average Bonchev–Trinajstić information content (AvgIpc) is 3.48. The van der Waals surface area contributed by atoms with Gasteiger partial charge in [0.15, 0.2) is 0 Å². The zero-order valence-corrected chi connectivity index (χ0v) is 26.7. The lowest BCUT2D eigenvalue weighted by atomic mass is 9.73. The van der Waals surface area contributed by atoms with E-state index >= 15 is 0 Å². The second-order valence-electron chi connectivity index (χ2n) is 13.1. The average molecular weight is 609 g/mol. The molecule has 228 valence electrons. The second-order valence-corrected chi connectivity index (χ2v) is 13.1. The summed E-state index contributed by atoms with van der Waals surface area (Å²) in [6, 6.07) is 40.4. The van der Waals surface area contributed by atoms with Gasteiger partial charge < -0.3 is 20.1 Å². The number of allylic oxidation sites excluding steroid dienone is 4. The van der Waals surface area contributed by atoms with Crippen molar-refractivity contribution in [3.63, 3.8) is 0 Å². The van der Waals surface area contributed by atoms with E-state index in [1.807, 2.05) is 6.20 Å². The van der Waals surface area contributed by atoms with Crippen LogP contribution in [-0.4, -0.2) is 17.7 Å². The van der Waals surface area contributed by atoms with Crippen molar-refractivity contribution >= 4 is 50.0 Å². The Bertz CT molecular complexity index is 2330. The van der Waals surface area contributed by atoms with Crippen LogP contribution in [0.25, 0.3) is 38.6 Å². The van der Waals surface area contributed by atoms with E-state index in [2.05, 4.69) is 174 Å². The highest BCUT2D eigenvalue weighted by atomic mass is 15.2. The van der Waals surface area contributed by atoms with Crippen molar-refractivity contribution < 1.29 is 0 Å². The van der Waals surface area contributed by atoms with Crippen molar-refractivity contribution in [2.75, 3.05) is 18.0 Å². The minimum atomic E-state index is -0.200. The normalized spacial score (nSPS) is 16.3.